The van der Waals surface area contributed by atoms with Crippen molar-refractivity contribution < 1.29 is 34.7 Å². The highest BCUT2D eigenvalue weighted by Crippen LogP contribution is 2.39. The largest absolute Gasteiger partial charge is 0.496 e. The van der Waals surface area contributed by atoms with Gasteiger partial charge in [0, 0.05) is 6.92 Å². The predicted molar refractivity (Wildman–Crippen MR) is 79.6 cm³/mol. The van der Waals surface area contributed by atoms with E-state index in [0.29, 0.717) is 4.47 Å². The number of rotatable bonds is 4. The van der Waals surface area contributed by atoms with Gasteiger partial charge in [-0.15, -0.1) is 0 Å². The van der Waals surface area contributed by atoms with Crippen molar-refractivity contribution >= 4 is 21.8 Å². The van der Waals surface area contributed by atoms with E-state index in [4.69, 9.17) is 15.2 Å². The Morgan fingerprint density at radius 2 is 1.55 bits per heavy atom. The number of benzene rings is 1. The third-order valence-electron chi connectivity index (χ3n) is 2.36. The van der Waals surface area contributed by atoms with Crippen molar-refractivity contribution in [2.24, 2.45) is 11.5 Å². The van der Waals surface area contributed by atoms with E-state index < -0.39 is 11.7 Å². The summed E-state index contributed by atoms with van der Waals surface area (Å²) in [6, 6.07) is 2.54. The van der Waals surface area contributed by atoms with E-state index >= 15 is 0 Å². The lowest BCUT2D eigenvalue weighted by atomic mass is 10.0. The molecule has 1 aromatic rings. The van der Waals surface area contributed by atoms with Crippen molar-refractivity contribution in [3.8, 4) is 11.5 Å². The number of ether oxygens (including phenoxy) is 2. The van der Waals surface area contributed by atoms with Crippen molar-refractivity contribution in [2.45, 2.75) is 18.6 Å². The number of methoxy groups -OCH3 is 2. The third kappa shape index (κ3) is 5.09. The quantitative estimate of drug-likeness (QED) is 0.348. The smallest absolute Gasteiger partial charge is 0.281 e. The highest BCUT2D eigenvalue weighted by atomic mass is 79.9. The Kier molecular flexibility index (Phi) is 7.22. The summed E-state index contributed by atoms with van der Waals surface area (Å²) in [4.78, 5) is 9.22. The van der Waals surface area contributed by atoms with Gasteiger partial charge in [-0.05, 0) is 28.1 Å². The van der Waals surface area contributed by atoms with Crippen LogP contribution in [0, 0.1) is 0 Å². The van der Waals surface area contributed by atoms with Gasteiger partial charge in [0.2, 0.25) is 5.91 Å². The lowest BCUT2D eigenvalue weighted by Gasteiger charge is -2.32. The monoisotopic (exact) mass is 382 g/mol. The Morgan fingerprint density at radius 1 is 1.14 bits per heavy atom. The molecule has 8 N–H and O–H groups in total. The first-order valence-electron chi connectivity index (χ1n) is 5.74. The molecule has 0 unspecified atom stereocenters. The summed E-state index contributed by atoms with van der Waals surface area (Å²) >= 11 is 3.17. The maximum absolute atomic E-state index is 9.72. The summed E-state index contributed by atoms with van der Waals surface area (Å²) in [6.07, 6.45) is 0. The van der Waals surface area contributed by atoms with Gasteiger partial charge >= 0.3 is 0 Å². The fraction of sp³-hybridized carbons (Fsp3) is 0.417. The van der Waals surface area contributed by atoms with Crippen molar-refractivity contribution in [1.82, 2.24) is 0 Å². The first kappa shape index (κ1) is 20.6. The van der Waals surface area contributed by atoms with Crippen molar-refractivity contribution in [2.75, 3.05) is 14.2 Å². The van der Waals surface area contributed by atoms with Gasteiger partial charge in [-0.3, -0.25) is 10.5 Å². The predicted octanol–water partition coefficient (Wildman–Crippen LogP) is -1.31. The lowest BCUT2D eigenvalue weighted by molar-refractivity contribution is -0.363. The van der Waals surface area contributed by atoms with Crippen molar-refractivity contribution in [3.05, 3.63) is 22.2 Å². The van der Waals surface area contributed by atoms with Crippen LogP contribution in [0.3, 0.4) is 0 Å². The second-order valence-electron chi connectivity index (χ2n) is 4.20. The molecule has 10 heteroatoms. The second kappa shape index (κ2) is 7.72. The van der Waals surface area contributed by atoms with Crippen LogP contribution in [0.25, 0.3) is 0 Å². The number of halogens is 1. The van der Waals surface area contributed by atoms with Gasteiger partial charge in [0.15, 0.2) is 0 Å². The third-order valence-corrected chi connectivity index (χ3v) is 2.98. The molecule has 1 rings (SSSR count). The molecule has 0 aliphatic carbocycles. The van der Waals surface area contributed by atoms with E-state index in [0.717, 1.165) is 6.07 Å². The molecule has 0 spiro atoms. The molecule has 1 amide bonds. The molecule has 126 valence electrons. The van der Waals surface area contributed by atoms with Crippen LogP contribution < -0.4 is 20.9 Å². The zero-order valence-electron chi connectivity index (χ0n) is 12.2. The fourth-order valence-corrected chi connectivity index (χ4v) is 1.82. The molecule has 22 heavy (non-hydrogen) atoms. The fourth-order valence-electron chi connectivity index (χ4n) is 1.33. The molecule has 0 aliphatic heterocycles. The number of primary amides is 1. The molecule has 0 bridgehead atoms. The molecule has 0 saturated heterocycles. The number of hydrogen-bond donors (Lipinski definition) is 6. The van der Waals surface area contributed by atoms with Gasteiger partial charge in [0.1, 0.15) is 11.5 Å². The van der Waals surface area contributed by atoms with Crippen molar-refractivity contribution in [1.29, 1.82) is 0 Å². The summed E-state index contributed by atoms with van der Waals surface area (Å²) < 4.78 is 10.4. The minimum Gasteiger partial charge on any atom is -0.496 e. The van der Waals surface area contributed by atoms with Crippen LogP contribution in [0.1, 0.15) is 12.5 Å². The Hall–Kier alpha value is -1.43. The molecule has 0 saturated carbocycles. The van der Waals surface area contributed by atoms with E-state index in [9.17, 15) is 25.2 Å². The number of aliphatic hydroxyl groups is 4. The molecule has 9 nitrogen and oxygen atoms in total. The van der Waals surface area contributed by atoms with Crippen LogP contribution in [0.4, 0.5) is 0 Å². The number of hydrogen-bond acceptors (Lipinski definition) is 8. The summed E-state index contributed by atoms with van der Waals surface area (Å²) in [5.74, 6) is -6.50. The Bertz CT molecular complexity index is 525. The molecular weight excluding hydrogens is 364 g/mol. The van der Waals surface area contributed by atoms with Gasteiger partial charge in [-0.25, -0.2) is 0 Å². The van der Waals surface area contributed by atoms with Gasteiger partial charge in [0.05, 0.1) is 24.3 Å². The normalized spacial score (nSPS) is 11.3. The minimum atomic E-state index is -3.26. The maximum Gasteiger partial charge on any atom is 0.281 e. The Balaban J connectivity index is 0.000000980. The van der Waals surface area contributed by atoms with E-state index in [1.807, 2.05) is 0 Å². The summed E-state index contributed by atoms with van der Waals surface area (Å²) in [7, 11) is 2.64. The zero-order chi connectivity index (χ0) is 17.7. The highest BCUT2D eigenvalue weighted by molar-refractivity contribution is 9.10. The Morgan fingerprint density at radius 3 is 1.86 bits per heavy atom. The number of carbonyl (C=O) groups excluding carboxylic acids is 1. The zero-order valence-corrected chi connectivity index (χ0v) is 13.8. The SMILES string of the molecule is CC(N)=O.COc1cc(C(O)(O)C(N)(O)O)c(OC)cc1Br. The van der Waals surface area contributed by atoms with Gasteiger partial charge in [0.25, 0.3) is 11.7 Å². The first-order valence-corrected chi connectivity index (χ1v) is 6.54. The van der Waals surface area contributed by atoms with Gasteiger partial charge in [-0.2, -0.15) is 0 Å². The maximum atomic E-state index is 9.72. The standard InChI is InChI=1S/C10H14BrNO6.C2H5NO/c1-17-7-4-6(11)8(18-2)3-5(7)9(13,14)10(12,15)16;1-2(3)4/h3-4,13-16H,12H2,1-2H3;1H3,(H2,3,4). The molecule has 0 fully saturated rings. The van der Waals surface area contributed by atoms with Gasteiger partial charge in [-0.1, -0.05) is 0 Å². The Labute approximate surface area is 135 Å². The molecule has 0 radical (unpaired) electrons. The summed E-state index contributed by atoms with van der Waals surface area (Å²) in [6.45, 7) is 1.31. The molecular formula is C12H19BrN2O7. The topological polar surface area (TPSA) is 168 Å². The lowest BCUT2D eigenvalue weighted by Crippen LogP contribution is -2.58. The van der Waals surface area contributed by atoms with Crippen LogP contribution in [-0.4, -0.2) is 46.5 Å². The molecule has 1 aromatic carbocycles. The van der Waals surface area contributed by atoms with E-state index in [2.05, 4.69) is 21.7 Å². The van der Waals surface area contributed by atoms with Gasteiger partial charge < -0.3 is 35.6 Å². The van der Waals surface area contributed by atoms with Crippen LogP contribution in [-0.2, 0) is 10.6 Å². The van der Waals surface area contributed by atoms with Crippen LogP contribution in [0.15, 0.2) is 16.6 Å². The van der Waals surface area contributed by atoms with Crippen molar-refractivity contribution in [3.63, 3.8) is 0 Å². The number of amides is 1. The molecule has 0 atom stereocenters. The van der Waals surface area contributed by atoms with E-state index in [-0.39, 0.29) is 23.0 Å². The van der Waals surface area contributed by atoms with E-state index in [1.54, 1.807) is 0 Å². The minimum absolute atomic E-state index is 0.00870. The second-order valence-corrected chi connectivity index (χ2v) is 5.05. The average Bonchev–Trinajstić information content (AvgIpc) is 2.35. The van der Waals surface area contributed by atoms with Crippen LogP contribution >= 0.6 is 15.9 Å². The molecule has 0 heterocycles. The average molecular weight is 383 g/mol. The highest BCUT2D eigenvalue weighted by Gasteiger charge is 2.48. The molecule has 0 aliphatic rings. The number of nitrogens with two attached hydrogens (primary N) is 2. The molecule has 0 aromatic heterocycles. The summed E-state index contributed by atoms with van der Waals surface area (Å²) in [5, 5.41) is 37.8. The number of carbonyl (C=O) groups is 1. The summed E-state index contributed by atoms with van der Waals surface area (Å²) in [5.41, 5.74) is 9.02. The first-order chi connectivity index (χ1) is 9.88. The van der Waals surface area contributed by atoms with Crippen LogP contribution in [0.2, 0.25) is 0 Å². The van der Waals surface area contributed by atoms with Crippen LogP contribution in [0.5, 0.6) is 11.5 Å². The van der Waals surface area contributed by atoms with E-state index in [1.165, 1.54) is 27.2 Å².